The normalized spacial score (nSPS) is 10.6. The Hall–Kier alpha value is -3.78. The summed E-state index contributed by atoms with van der Waals surface area (Å²) >= 11 is 5.89. The van der Waals surface area contributed by atoms with E-state index in [1.165, 1.54) is 0 Å². The maximum Gasteiger partial charge on any atom is 0.227 e. The molecule has 0 radical (unpaired) electrons. The van der Waals surface area contributed by atoms with E-state index in [-0.39, 0.29) is 12.3 Å². The molecule has 3 aromatic heterocycles. The minimum Gasteiger partial charge on any atom is -0.485 e. The fourth-order valence-electron chi connectivity index (χ4n) is 2.73. The van der Waals surface area contributed by atoms with Crippen molar-refractivity contribution in [1.29, 1.82) is 0 Å². The monoisotopic (exact) mass is 435 g/mol. The van der Waals surface area contributed by atoms with Crippen molar-refractivity contribution in [2.75, 3.05) is 5.32 Å². The molecule has 0 bridgehead atoms. The first kappa shape index (κ1) is 20.5. The molecule has 0 aliphatic carbocycles. The molecule has 0 spiro atoms. The lowest BCUT2D eigenvalue weighted by Crippen LogP contribution is -2.14. The van der Waals surface area contributed by atoms with Gasteiger partial charge in [-0.2, -0.15) is 4.98 Å². The number of anilines is 1. The number of aromatic nitrogens is 4. The smallest absolute Gasteiger partial charge is 0.227 e. The van der Waals surface area contributed by atoms with Gasteiger partial charge < -0.3 is 14.6 Å². The number of aryl methyl sites for hydroxylation is 1. The van der Waals surface area contributed by atoms with Gasteiger partial charge in [0.25, 0.3) is 0 Å². The Kier molecular flexibility index (Phi) is 6.49. The van der Waals surface area contributed by atoms with E-state index in [2.05, 4.69) is 25.4 Å². The highest BCUT2D eigenvalue weighted by Crippen LogP contribution is 2.23. The Morgan fingerprint density at radius 3 is 2.68 bits per heavy atom. The fraction of sp³-hybridized carbons (Fsp3) is 0.136. The van der Waals surface area contributed by atoms with Crippen molar-refractivity contribution in [2.24, 2.45) is 0 Å². The summed E-state index contributed by atoms with van der Waals surface area (Å²) in [5.41, 5.74) is 1.75. The van der Waals surface area contributed by atoms with Crippen molar-refractivity contribution in [2.45, 2.75) is 19.4 Å². The largest absolute Gasteiger partial charge is 0.485 e. The lowest BCUT2D eigenvalue weighted by molar-refractivity contribution is -0.116. The number of nitrogens with one attached hydrogen (secondary N) is 1. The molecule has 4 aromatic rings. The van der Waals surface area contributed by atoms with E-state index in [9.17, 15) is 4.79 Å². The lowest BCUT2D eigenvalue weighted by atomic mass is 10.2. The van der Waals surface area contributed by atoms with Crippen LogP contribution in [-0.2, 0) is 17.8 Å². The number of benzene rings is 1. The van der Waals surface area contributed by atoms with Crippen LogP contribution in [0.2, 0.25) is 5.02 Å². The Balaban J connectivity index is 1.33. The zero-order chi connectivity index (χ0) is 21.5. The van der Waals surface area contributed by atoms with Crippen LogP contribution in [0.1, 0.15) is 17.9 Å². The quantitative estimate of drug-likeness (QED) is 0.439. The molecular formula is C22H18ClN5O3. The van der Waals surface area contributed by atoms with E-state index in [1.54, 1.807) is 55.0 Å². The maximum absolute atomic E-state index is 12.4. The molecule has 0 aliphatic heterocycles. The van der Waals surface area contributed by atoms with Crippen LogP contribution in [0.15, 0.2) is 71.6 Å². The van der Waals surface area contributed by atoms with Crippen molar-refractivity contribution in [3.05, 3.63) is 83.6 Å². The summed E-state index contributed by atoms with van der Waals surface area (Å²) in [6.45, 7) is 0.340. The van der Waals surface area contributed by atoms with Crippen molar-refractivity contribution in [1.82, 2.24) is 20.1 Å². The third-order valence-corrected chi connectivity index (χ3v) is 4.56. The third-order valence-electron chi connectivity index (χ3n) is 4.31. The molecule has 0 aliphatic rings. The maximum atomic E-state index is 12.4. The van der Waals surface area contributed by atoms with Gasteiger partial charge in [0.2, 0.25) is 17.6 Å². The summed E-state index contributed by atoms with van der Waals surface area (Å²) in [6.07, 6.45) is 5.43. The first-order valence-corrected chi connectivity index (χ1v) is 9.90. The van der Waals surface area contributed by atoms with Crippen molar-refractivity contribution < 1.29 is 14.1 Å². The molecule has 0 fully saturated rings. The molecule has 1 N–H and O–H groups in total. The summed E-state index contributed by atoms with van der Waals surface area (Å²) in [4.78, 5) is 24.9. The van der Waals surface area contributed by atoms with Gasteiger partial charge in [0.15, 0.2) is 11.6 Å². The van der Waals surface area contributed by atoms with E-state index in [4.69, 9.17) is 20.9 Å². The number of carbonyl (C=O) groups is 1. The van der Waals surface area contributed by atoms with Crippen molar-refractivity contribution in [3.8, 4) is 17.1 Å². The van der Waals surface area contributed by atoms with E-state index in [1.807, 2.05) is 12.1 Å². The standard InChI is InChI=1S/C22H18ClN5O3/c23-17-5-3-16(4-6-17)21-27-20(31-28-21)8-7-19(29)26-22-18(2-1-11-25-22)30-14-15-9-12-24-13-10-15/h1-6,9-13H,7-8,14H2,(H,25,26,29). The molecule has 3 heterocycles. The molecule has 0 saturated heterocycles. The number of amides is 1. The van der Waals surface area contributed by atoms with Crippen molar-refractivity contribution in [3.63, 3.8) is 0 Å². The van der Waals surface area contributed by atoms with Gasteiger partial charge in [-0.15, -0.1) is 0 Å². The first-order chi connectivity index (χ1) is 15.2. The van der Waals surface area contributed by atoms with Gasteiger partial charge in [0.05, 0.1) is 0 Å². The van der Waals surface area contributed by atoms with Gasteiger partial charge in [-0.3, -0.25) is 9.78 Å². The molecule has 31 heavy (non-hydrogen) atoms. The highest BCUT2D eigenvalue weighted by atomic mass is 35.5. The number of hydrogen-bond donors (Lipinski definition) is 1. The molecule has 8 nitrogen and oxygen atoms in total. The molecule has 4 rings (SSSR count). The summed E-state index contributed by atoms with van der Waals surface area (Å²) in [7, 11) is 0. The first-order valence-electron chi connectivity index (χ1n) is 9.52. The number of hydrogen-bond acceptors (Lipinski definition) is 7. The molecule has 0 unspecified atom stereocenters. The zero-order valence-corrected chi connectivity index (χ0v) is 17.1. The molecule has 1 amide bonds. The van der Waals surface area contributed by atoms with Crippen LogP contribution in [-0.4, -0.2) is 26.0 Å². The molecule has 156 valence electrons. The van der Waals surface area contributed by atoms with E-state index in [0.717, 1.165) is 11.1 Å². The average Bonchev–Trinajstić information content (AvgIpc) is 3.27. The predicted octanol–water partition coefficient (Wildman–Crippen LogP) is 4.33. The summed E-state index contributed by atoms with van der Waals surface area (Å²) in [6, 6.07) is 14.3. The van der Waals surface area contributed by atoms with E-state index < -0.39 is 0 Å². The summed E-state index contributed by atoms with van der Waals surface area (Å²) in [5, 5.41) is 7.35. The molecule has 0 saturated carbocycles. The number of pyridine rings is 2. The summed E-state index contributed by atoms with van der Waals surface area (Å²) < 4.78 is 11.0. The van der Waals surface area contributed by atoms with Crippen LogP contribution in [0.4, 0.5) is 5.82 Å². The summed E-state index contributed by atoms with van der Waals surface area (Å²) in [5.74, 6) is 1.42. The van der Waals surface area contributed by atoms with Gasteiger partial charge in [-0.05, 0) is 54.1 Å². The van der Waals surface area contributed by atoms with Crippen LogP contribution < -0.4 is 10.1 Å². The van der Waals surface area contributed by atoms with Gasteiger partial charge in [-0.25, -0.2) is 4.98 Å². The third kappa shape index (κ3) is 5.64. The Labute approximate surface area is 183 Å². The van der Waals surface area contributed by atoms with Crippen molar-refractivity contribution >= 4 is 23.3 Å². The Morgan fingerprint density at radius 1 is 1.06 bits per heavy atom. The number of nitrogens with zero attached hydrogens (tertiary/aromatic N) is 4. The lowest BCUT2D eigenvalue weighted by Gasteiger charge is -2.11. The Bertz CT molecular complexity index is 1150. The minimum atomic E-state index is -0.237. The minimum absolute atomic E-state index is 0.155. The fourth-order valence-corrected chi connectivity index (χ4v) is 2.85. The highest BCUT2D eigenvalue weighted by molar-refractivity contribution is 6.30. The van der Waals surface area contributed by atoms with Crippen LogP contribution in [0.25, 0.3) is 11.4 Å². The van der Waals surface area contributed by atoms with Crippen LogP contribution >= 0.6 is 11.6 Å². The number of carbonyl (C=O) groups excluding carboxylic acids is 1. The van der Waals surface area contributed by atoms with E-state index >= 15 is 0 Å². The SMILES string of the molecule is O=C(CCc1nc(-c2ccc(Cl)cc2)no1)Nc1ncccc1OCc1ccncc1. The number of ether oxygens (including phenoxy) is 1. The number of rotatable bonds is 8. The van der Waals surface area contributed by atoms with E-state index in [0.29, 0.717) is 41.3 Å². The molecule has 1 aromatic carbocycles. The highest BCUT2D eigenvalue weighted by Gasteiger charge is 2.13. The molecule has 0 atom stereocenters. The predicted molar refractivity (Wildman–Crippen MR) is 115 cm³/mol. The van der Waals surface area contributed by atoms with Crippen LogP contribution in [0.3, 0.4) is 0 Å². The Morgan fingerprint density at radius 2 is 1.87 bits per heavy atom. The molecular weight excluding hydrogens is 418 g/mol. The second-order valence-electron chi connectivity index (χ2n) is 6.56. The van der Waals surface area contributed by atoms with Gasteiger partial charge in [0, 0.05) is 42.0 Å². The number of halogens is 1. The second-order valence-corrected chi connectivity index (χ2v) is 7.00. The average molecular weight is 436 g/mol. The molecule has 9 heteroatoms. The van der Waals surface area contributed by atoms with Crippen LogP contribution in [0.5, 0.6) is 5.75 Å². The zero-order valence-electron chi connectivity index (χ0n) is 16.4. The second kappa shape index (κ2) is 9.82. The van der Waals surface area contributed by atoms with Gasteiger partial charge in [0.1, 0.15) is 6.61 Å². The van der Waals surface area contributed by atoms with Gasteiger partial charge in [-0.1, -0.05) is 16.8 Å². The topological polar surface area (TPSA) is 103 Å². The van der Waals surface area contributed by atoms with Gasteiger partial charge >= 0.3 is 0 Å². The van der Waals surface area contributed by atoms with Crippen LogP contribution in [0, 0.1) is 0 Å².